The van der Waals surface area contributed by atoms with Crippen molar-refractivity contribution in [2.75, 3.05) is 18.6 Å². The number of methoxy groups -OCH3 is 1. The first-order chi connectivity index (χ1) is 17.0. The van der Waals surface area contributed by atoms with Crippen LogP contribution in [0.25, 0.3) is 11.1 Å². The van der Waals surface area contributed by atoms with E-state index >= 15 is 0 Å². The fourth-order valence-corrected chi connectivity index (χ4v) is 5.58. The molecule has 0 aromatic heterocycles. The summed E-state index contributed by atoms with van der Waals surface area (Å²) in [6.07, 6.45) is 3.64. The van der Waals surface area contributed by atoms with E-state index in [0.717, 1.165) is 35.5 Å². The number of hydrogen-bond donors (Lipinski definition) is 0. The highest BCUT2D eigenvalue weighted by molar-refractivity contribution is 7.99. The van der Waals surface area contributed by atoms with E-state index < -0.39 is 0 Å². The van der Waals surface area contributed by atoms with Gasteiger partial charge in [0.1, 0.15) is 24.2 Å². The zero-order valence-electron chi connectivity index (χ0n) is 20.8. The minimum absolute atomic E-state index is 0.193. The minimum atomic E-state index is -0.193. The average molecular weight is 491 g/mol. The van der Waals surface area contributed by atoms with Crippen LogP contribution in [0.15, 0.2) is 60.7 Å². The van der Waals surface area contributed by atoms with Gasteiger partial charge in [0.15, 0.2) is 0 Å². The van der Waals surface area contributed by atoms with Gasteiger partial charge in [-0.05, 0) is 108 Å². The van der Waals surface area contributed by atoms with Gasteiger partial charge in [-0.2, -0.15) is 11.8 Å². The summed E-state index contributed by atoms with van der Waals surface area (Å²) in [7, 11) is 1.41. The van der Waals surface area contributed by atoms with Gasteiger partial charge in [0.2, 0.25) is 0 Å². The Kier molecular flexibility index (Phi) is 8.75. The van der Waals surface area contributed by atoms with Crippen molar-refractivity contribution in [3.63, 3.8) is 0 Å². The predicted octanol–water partition coefficient (Wildman–Crippen LogP) is 6.93. The van der Waals surface area contributed by atoms with Gasteiger partial charge in [-0.1, -0.05) is 30.3 Å². The maximum Gasteiger partial charge on any atom is 0.305 e. The third-order valence-electron chi connectivity index (χ3n) is 6.37. The van der Waals surface area contributed by atoms with Crippen molar-refractivity contribution < 1.29 is 19.0 Å². The molecule has 0 amide bonds. The first-order valence-electron chi connectivity index (χ1n) is 12.3. The average Bonchev–Trinajstić information content (AvgIpc) is 2.87. The highest BCUT2D eigenvalue weighted by Gasteiger charge is 2.17. The van der Waals surface area contributed by atoms with Gasteiger partial charge >= 0.3 is 5.97 Å². The van der Waals surface area contributed by atoms with Gasteiger partial charge in [0.25, 0.3) is 0 Å². The van der Waals surface area contributed by atoms with Crippen molar-refractivity contribution in [2.24, 2.45) is 0 Å². The van der Waals surface area contributed by atoms with Crippen molar-refractivity contribution in [3.8, 4) is 22.6 Å². The number of hydrogen-bond acceptors (Lipinski definition) is 5. The summed E-state index contributed by atoms with van der Waals surface area (Å²) >= 11 is 2.02. The van der Waals surface area contributed by atoms with E-state index in [-0.39, 0.29) is 5.97 Å². The maximum absolute atomic E-state index is 11.3. The molecule has 0 N–H and O–H groups in total. The molecular formula is C30H34O4S. The molecule has 1 fully saturated rings. The van der Waals surface area contributed by atoms with E-state index in [2.05, 4.69) is 50.2 Å². The lowest BCUT2D eigenvalue weighted by Crippen LogP contribution is -2.22. The first kappa shape index (κ1) is 25.2. The summed E-state index contributed by atoms with van der Waals surface area (Å²) in [5.41, 5.74) is 7.12. The molecular weight excluding hydrogens is 456 g/mol. The molecule has 4 nitrogen and oxygen atoms in total. The molecule has 0 unspecified atom stereocenters. The van der Waals surface area contributed by atoms with Crippen LogP contribution < -0.4 is 9.47 Å². The molecule has 35 heavy (non-hydrogen) atoms. The van der Waals surface area contributed by atoms with E-state index in [9.17, 15) is 4.79 Å². The zero-order valence-corrected chi connectivity index (χ0v) is 21.7. The summed E-state index contributed by atoms with van der Waals surface area (Å²) in [6, 6.07) is 20.8. The van der Waals surface area contributed by atoms with E-state index in [0.29, 0.717) is 25.6 Å². The Morgan fingerprint density at radius 1 is 0.914 bits per heavy atom. The van der Waals surface area contributed by atoms with Gasteiger partial charge in [0.05, 0.1) is 7.11 Å². The molecule has 184 valence electrons. The van der Waals surface area contributed by atoms with Crippen molar-refractivity contribution in [1.82, 2.24) is 0 Å². The molecule has 0 atom stereocenters. The molecule has 0 saturated carbocycles. The Hall–Kier alpha value is -2.92. The van der Waals surface area contributed by atoms with Crippen LogP contribution in [-0.2, 0) is 22.6 Å². The van der Waals surface area contributed by atoms with Crippen LogP contribution in [-0.4, -0.2) is 30.7 Å². The van der Waals surface area contributed by atoms with Gasteiger partial charge in [-0.25, -0.2) is 0 Å². The topological polar surface area (TPSA) is 44.8 Å². The third kappa shape index (κ3) is 7.04. The largest absolute Gasteiger partial charge is 0.490 e. The molecule has 1 saturated heterocycles. The summed E-state index contributed by atoms with van der Waals surface area (Å²) < 4.78 is 17.0. The lowest BCUT2D eigenvalue weighted by molar-refractivity contribution is -0.140. The fourth-order valence-electron chi connectivity index (χ4n) is 4.52. The number of carbonyl (C=O) groups is 1. The number of rotatable bonds is 9. The second-order valence-electron chi connectivity index (χ2n) is 9.07. The normalized spacial score (nSPS) is 13.9. The smallest absolute Gasteiger partial charge is 0.305 e. The van der Waals surface area contributed by atoms with E-state index in [4.69, 9.17) is 14.2 Å². The van der Waals surface area contributed by atoms with Crippen LogP contribution in [0.4, 0.5) is 0 Å². The molecule has 0 spiro atoms. The first-order valence-corrected chi connectivity index (χ1v) is 13.4. The monoisotopic (exact) mass is 490 g/mol. The maximum atomic E-state index is 11.3. The van der Waals surface area contributed by atoms with Crippen LogP contribution >= 0.6 is 11.8 Å². The molecule has 1 aliphatic heterocycles. The number of benzene rings is 3. The van der Waals surface area contributed by atoms with Crippen molar-refractivity contribution in [3.05, 3.63) is 82.9 Å². The Bertz CT molecular complexity index is 1110. The molecule has 0 aliphatic carbocycles. The van der Waals surface area contributed by atoms with Crippen molar-refractivity contribution >= 4 is 17.7 Å². The van der Waals surface area contributed by atoms with Gasteiger partial charge in [0, 0.05) is 6.42 Å². The number of ether oxygens (including phenoxy) is 3. The quantitative estimate of drug-likeness (QED) is 0.304. The standard InChI is InChI=1S/C30H34O4S/c1-21-17-28(34-27-13-15-35-16-14-27)18-22(2)30(21)25-6-4-5-24(19-25)20-33-26-10-7-23(8-11-26)9-12-29(31)32-3/h4-8,10-11,17-19,27H,9,12-16,20H2,1-3H3. The van der Waals surface area contributed by atoms with Crippen LogP contribution in [0.3, 0.4) is 0 Å². The summed E-state index contributed by atoms with van der Waals surface area (Å²) in [4.78, 5) is 11.3. The third-order valence-corrected chi connectivity index (χ3v) is 7.42. The van der Waals surface area contributed by atoms with Crippen LogP contribution in [0.5, 0.6) is 11.5 Å². The van der Waals surface area contributed by atoms with Gasteiger partial charge < -0.3 is 14.2 Å². The minimum Gasteiger partial charge on any atom is -0.490 e. The molecule has 4 rings (SSSR count). The predicted molar refractivity (Wildman–Crippen MR) is 143 cm³/mol. The zero-order chi connectivity index (χ0) is 24.6. The van der Waals surface area contributed by atoms with Crippen molar-refractivity contribution in [1.29, 1.82) is 0 Å². The lowest BCUT2D eigenvalue weighted by atomic mass is 9.94. The molecule has 5 heteroatoms. The fraction of sp³-hybridized carbons (Fsp3) is 0.367. The Labute approximate surface area is 213 Å². The molecule has 1 heterocycles. The Morgan fingerprint density at radius 2 is 1.63 bits per heavy atom. The second kappa shape index (κ2) is 12.2. The summed E-state index contributed by atoms with van der Waals surface area (Å²) in [5.74, 6) is 3.98. The van der Waals surface area contributed by atoms with E-state index in [1.54, 1.807) is 0 Å². The van der Waals surface area contributed by atoms with E-state index in [1.165, 1.54) is 40.9 Å². The van der Waals surface area contributed by atoms with Crippen LogP contribution in [0, 0.1) is 13.8 Å². The summed E-state index contributed by atoms with van der Waals surface area (Å²) in [6.45, 7) is 4.82. The SMILES string of the molecule is COC(=O)CCc1ccc(OCc2cccc(-c3c(C)cc(OC4CCSCC4)cc3C)c2)cc1. The number of aryl methyl sites for hydroxylation is 3. The Balaban J connectivity index is 1.40. The Morgan fingerprint density at radius 3 is 2.31 bits per heavy atom. The molecule has 3 aromatic carbocycles. The van der Waals surface area contributed by atoms with Gasteiger partial charge in [-0.3, -0.25) is 4.79 Å². The number of thioether (sulfide) groups is 1. The highest BCUT2D eigenvalue weighted by atomic mass is 32.2. The number of esters is 1. The van der Waals surface area contributed by atoms with Crippen LogP contribution in [0.1, 0.15) is 41.5 Å². The van der Waals surface area contributed by atoms with E-state index in [1.807, 2.05) is 36.0 Å². The van der Waals surface area contributed by atoms with Crippen molar-refractivity contribution in [2.45, 2.75) is 52.2 Å². The summed E-state index contributed by atoms with van der Waals surface area (Å²) in [5, 5.41) is 0. The molecule has 0 bridgehead atoms. The van der Waals surface area contributed by atoms with Crippen LogP contribution in [0.2, 0.25) is 0 Å². The second-order valence-corrected chi connectivity index (χ2v) is 10.3. The lowest BCUT2D eigenvalue weighted by Gasteiger charge is -2.24. The molecule has 3 aromatic rings. The molecule has 0 radical (unpaired) electrons. The molecule has 1 aliphatic rings. The van der Waals surface area contributed by atoms with Gasteiger partial charge in [-0.15, -0.1) is 0 Å². The number of carbonyl (C=O) groups excluding carboxylic acids is 1. The highest BCUT2D eigenvalue weighted by Crippen LogP contribution is 2.33.